The van der Waals surface area contributed by atoms with Gasteiger partial charge in [-0.25, -0.2) is 0 Å². The molecule has 26 heavy (non-hydrogen) atoms. The summed E-state index contributed by atoms with van der Waals surface area (Å²) in [6, 6.07) is 16.9. The van der Waals surface area contributed by atoms with E-state index >= 15 is 0 Å². The van der Waals surface area contributed by atoms with Gasteiger partial charge < -0.3 is 14.8 Å². The molecule has 0 aromatic heterocycles. The summed E-state index contributed by atoms with van der Waals surface area (Å²) in [5.41, 5.74) is 0. The Labute approximate surface area is 165 Å². The topological polar surface area (TPSA) is 30.5 Å². The maximum absolute atomic E-state index is 5.98. The maximum Gasteiger partial charge on any atom is 0.132 e. The monoisotopic (exact) mass is 389 g/mol. The number of thioether (sulfide) groups is 2. The summed E-state index contributed by atoms with van der Waals surface area (Å²) in [6.07, 6.45) is 1.16. The van der Waals surface area contributed by atoms with Crippen molar-refractivity contribution in [3.63, 3.8) is 0 Å². The van der Waals surface area contributed by atoms with E-state index in [0.717, 1.165) is 42.6 Å². The summed E-state index contributed by atoms with van der Waals surface area (Å²) in [4.78, 5) is 2.47. The summed E-state index contributed by atoms with van der Waals surface area (Å²) < 4.78 is 11.4. The van der Waals surface area contributed by atoms with E-state index in [1.54, 1.807) is 7.11 Å². The van der Waals surface area contributed by atoms with Gasteiger partial charge in [0.15, 0.2) is 0 Å². The van der Waals surface area contributed by atoms with Crippen molar-refractivity contribution in [3.8, 4) is 11.5 Å². The second kappa shape index (κ2) is 10.1. The molecule has 2 aromatic carbocycles. The van der Waals surface area contributed by atoms with E-state index < -0.39 is 0 Å². The molecule has 1 aliphatic rings. The predicted molar refractivity (Wildman–Crippen MR) is 112 cm³/mol. The van der Waals surface area contributed by atoms with Crippen molar-refractivity contribution in [3.05, 3.63) is 48.5 Å². The van der Waals surface area contributed by atoms with Gasteiger partial charge >= 0.3 is 0 Å². The Balaban J connectivity index is 1.47. The Morgan fingerprint density at radius 3 is 2.88 bits per heavy atom. The SMILES string of the molecule is CC[C@H](CNC1COc2ccccc2SC1)CSc1ccccc1OC. The van der Waals surface area contributed by atoms with Crippen LogP contribution in [0.3, 0.4) is 0 Å². The molecule has 1 heterocycles. The quantitative estimate of drug-likeness (QED) is 0.645. The van der Waals surface area contributed by atoms with Gasteiger partial charge in [0.05, 0.1) is 13.2 Å². The fourth-order valence-corrected chi connectivity index (χ4v) is 5.11. The van der Waals surface area contributed by atoms with Gasteiger partial charge in [0, 0.05) is 21.3 Å². The highest BCUT2D eigenvalue weighted by molar-refractivity contribution is 7.99. The first-order chi connectivity index (χ1) is 12.8. The molecule has 0 spiro atoms. The van der Waals surface area contributed by atoms with Crippen LogP contribution in [0.5, 0.6) is 11.5 Å². The lowest BCUT2D eigenvalue weighted by atomic mass is 10.1. The molecule has 1 N–H and O–H groups in total. The van der Waals surface area contributed by atoms with E-state index in [2.05, 4.69) is 42.6 Å². The van der Waals surface area contributed by atoms with Crippen molar-refractivity contribution in [2.75, 3.05) is 31.8 Å². The number of hydrogen-bond acceptors (Lipinski definition) is 5. The smallest absolute Gasteiger partial charge is 0.132 e. The highest BCUT2D eigenvalue weighted by Crippen LogP contribution is 2.32. The first kappa shape index (κ1) is 19.5. The average Bonchev–Trinajstić information content (AvgIpc) is 2.91. The molecule has 0 aliphatic carbocycles. The molecule has 0 bridgehead atoms. The molecule has 3 nitrogen and oxygen atoms in total. The molecule has 140 valence electrons. The zero-order chi connectivity index (χ0) is 18.2. The Morgan fingerprint density at radius 2 is 2.04 bits per heavy atom. The predicted octanol–water partition coefficient (Wildman–Crippen LogP) is 4.96. The molecule has 0 saturated heterocycles. The molecule has 0 amide bonds. The molecular formula is C21H27NO2S2. The molecule has 2 atom stereocenters. The van der Waals surface area contributed by atoms with Crippen LogP contribution in [-0.2, 0) is 0 Å². The number of ether oxygens (including phenoxy) is 2. The summed E-state index contributed by atoms with van der Waals surface area (Å²) in [7, 11) is 1.74. The van der Waals surface area contributed by atoms with Crippen LogP contribution in [0.2, 0.25) is 0 Å². The van der Waals surface area contributed by atoms with Gasteiger partial charge in [-0.2, -0.15) is 0 Å². The zero-order valence-electron chi connectivity index (χ0n) is 15.4. The third-order valence-electron chi connectivity index (χ3n) is 4.55. The van der Waals surface area contributed by atoms with Crippen LogP contribution < -0.4 is 14.8 Å². The minimum absolute atomic E-state index is 0.387. The highest BCUT2D eigenvalue weighted by Gasteiger charge is 2.18. The number of hydrogen-bond donors (Lipinski definition) is 1. The Hall–Kier alpha value is -1.30. The van der Waals surface area contributed by atoms with Crippen LogP contribution in [0, 0.1) is 5.92 Å². The Kier molecular flexibility index (Phi) is 7.59. The molecular weight excluding hydrogens is 362 g/mol. The van der Waals surface area contributed by atoms with Crippen LogP contribution in [-0.4, -0.2) is 37.8 Å². The fraction of sp³-hybridized carbons (Fsp3) is 0.429. The third-order valence-corrected chi connectivity index (χ3v) is 7.05. The van der Waals surface area contributed by atoms with Gasteiger partial charge in [0.1, 0.15) is 18.1 Å². The van der Waals surface area contributed by atoms with Crippen LogP contribution >= 0.6 is 23.5 Å². The van der Waals surface area contributed by atoms with Crippen molar-refractivity contribution in [1.29, 1.82) is 0 Å². The van der Waals surface area contributed by atoms with Gasteiger partial charge in [-0.05, 0) is 36.7 Å². The maximum atomic E-state index is 5.98. The summed E-state index contributed by atoms with van der Waals surface area (Å²) >= 11 is 3.77. The van der Waals surface area contributed by atoms with Crippen LogP contribution in [0.4, 0.5) is 0 Å². The normalized spacial score (nSPS) is 17.7. The fourth-order valence-electron chi connectivity index (χ4n) is 2.84. The lowest BCUT2D eigenvalue weighted by molar-refractivity contribution is 0.268. The van der Waals surface area contributed by atoms with E-state index in [-0.39, 0.29) is 0 Å². The minimum Gasteiger partial charge on any atom is -0.496 e. The number of benzene rings is 2. The molecule has 5 heteroatoms. The van der Waals surface area contributed by atoms with E-state index in [1.807, 2.05) is 41.7 Å². The second-order valence-corrected chi connectivity index (χ2v) is 8.53. The summed E-state index contributed by atoms with van der Waals surface area (Å²) in [6.45, 7) is 4.02. The number of para-hydroxylation sites is 2. The lowest BCUT2D eigenvalue weighted by Gasteiger charge is -2.21. The van der Waals surface area contributed by atoms with E-state index in [1.165, 1.54) is 9.79 Å². The Bertz CT molecular complexity index is 668. The standard InChI is InChI=1S/C21H27NO2S2/c1-3-16(14-25-20-10-6-4-8-18(20)23-2)12-22-17-13-24-19-9-5-7-11-21(19)26-15-17/h4-11,16-17,22H,3,12-15H2,1-2H3/t16-,17?/m1/s1. The molecule has 1 aliphatic heterocycles. The zero-order valence-corrected chi connectivity index (χ0v) is 17.1. The van der Waals surface area contributed by atoms with Crippen molar-refractivity contribution >= 4 is 23.5 Å². The second-order valence-electron chi connectivity index (χ2n) is 6.41. The molecule has 0 fully saturated rings. The lowest BCUT2D eigenvalue weighted by Crippen LogP contribution is -2.39. The van der Waals surface area contributed by atoms with E-state index in [0.29, 0.717) is 12.0 Å². The molecule has 1 unspecified atom stereocenters. The largest absolute Gasteiger partial charge is 0.496 e. The van der Waals surface area contributed by atoms with E-state index in [9.17, 15) is 0 Å². The van der Waals surface area contributed by atoms with Gasteiger partial charge in [0.2, 0.25) is 0 Å². The summed E-state index contributed by atoms with van der Waals surface area (Å²) in [5, 5.41) is 3.72. The van der Waals surface area contributed by atoms with Crippen molar-refractivity contribution in [1.82, 2.24) is 5.32 Å². The number of fused-ring (bicyclic) bond motifs is 1. The molecule has 0 radical (unpaired) electrons. The molecule has 3 rings (SSSR count). The van der Waals surface area contributed by atoms with Gasteiger partial charge in [-0.1, -0.05) is 37.6 Å². The third kappa shape index (κ3) is 5.35. The van der Waals surface area contributed by atoms with Crippen molar-refractivity contribution in [2.24, 2.45) is 5.92 Å². The number of nitrogens with one attached hydrogen (secondary N) is 1. The minimum atomic E-state index is 0.387. The Morgan fingerprint density at radius 1 is 1.23 bits per heavy atom. The highest BCUT2D eigenvalue weighted by atomic mass is 32.2. The van der Waals surface area contributed by atoms with Gasteiger partial charge in [-0.3, -0.25) is 0 Å². The first-order valence-corrected chi connectivity index (χ1v) is 11.1. The first-order valence-electron chi connectivity index (χ1n) is 9.14. The molecule has 2 aromatic rings. The van der Waals surface area contributed by atoms with Gasteiger partial charge in [0.25, 0.3) is 0 Å². The molecule has 0 saturated carbocycles. The van der Waals surface area contributed by atoms with Crippen molar-refractivity contribution < 1.29 is 9.47 Å². The van der Waals surface area contributed by atoms with Crippen LogP contribution in [0.15, 0.2) is 58.3 Å². The summed E-state index contributed by atoms with van der Waals surface area (Å²) in [5.74, 6) is 4.74. The van der Waals surface area contributed by atoms with Crippen LogP contribution in [0.1, 0.15) is 13.3 Å². The average molecular weight is 390 g/mol. The van der Waals surface area contributed by atoms with E-state index in [4.69, 9.17) is 9.47 Å². The van der Waals surface area contributed by atoms with Gasteiger partial charge in [-0.15, -0.1) is 23.5 Å². The number of rotatable bonds is 8. The van der Waals surface area contributed by atoms with Crippen LogP contribution in [0.25, 0.3) is 0 Å². The number of methoxy groups -OCH3 is 1. The van der Waals surface area contributed by atoms with Crippen molar-refractivity contribution in [2.45, 2.75) is 29.2 Å².